The number of nitrogens with one attached hydrogen (secondary N) is 2. The number of anilines is 1. The number of amides is 1. The Morgan fingerprint density at radius 3 is 2.57 bits per heavy atom. The fourth-order valence-corrected chi connectivity index (χ4v) is 3.85. The Bertz CT molecular complexity index is 1220. The van der Waals surface area contributed by atoms with Gasteiger partial charge in [-0.15, -0.1) is 11.3 Å². The maximum Gasteiger partial charge on any atom is 0.246 e. The van der Waals surface area contributed by atoms with E-state index in [9.17, 15) is 4.79 Å². The highest BCUT2D eigenvalue weighted by molar-refractivity contribution is 7.71. The van der Waals surface area contributed by atoms with E-state index in [4.69, 9.17) is 17.0 Å². The summed E-state index contributed by atoms with van der Waals surface area (Å²) >= 11 is 6.69. The molecule has 1 amide bonds. The SMILES string of the molecule is COc1ccc(-c2n[nH]c(=S)n2CC(=O)Nc2nc(-c3ccc(C)cc3)cs2)cc1. The van der Waals surface area contributed by atoms with Crippen LogP contribution >= 0.6 is 23.6 Å². The van der Waals surface area contributed by atoms with Crippen LogP contribution in [0.25, 0.3) is 22.6 Å². The molecule has 0 unspecified atom stereocenters. The third kappa shape index (κ3) is 4.32. The predicted octanol–water partition coefficient (Wildman–Crippen LogP) is 4.69. The maximum absolute atomic E-state index is 12.6. The van der Waals surface area contributed by atoms with Crippen LogP contribution in [0.4, 0.5) is 5.13 Å². The Morgan fingerprint density at radius 1 is 1.17 bits per heavy atom. The summed E-state index contributed by atoms with van der Waals surface area (Å²) in [5, 5.41) is 12.3. The number of hydrogen-bond acceptors (Lipinski definition) is 6. The molecule has 30 heavy (non-hydrogen) atoms. The van der Waals surface area contributed by atoms with Crippen molar-refractivity contribution in [1.29, 1.82) is 0 Å². The number of thiazole rings is 1. The number of aromatic nitrogens is 4. The molecule has 0 saturated heterocycles. The summed E-state index contributed by atoms with van der Waals surface area (Å²) in [6.07, 6.45) is 0. The van der Waals surface area contributed by atoms with Crippen molar-refractivity contribution in [3.8, 4) is 28.4 Å². The van der Waals surface area contributed by atoms with Gasteiger partial charge in [-0.2, -0.15) is 5.10 Å². The van der Waals surface area contributed by atoms with Crippen molar-refractivity contribution >= 4 is 34.6 Å². The van der Waals surface area contributed by atoms with Crippen LogP contribution in [0.1, 0.15) is 5.56 Å². The van der Waals surface area contributed by atoms with Gasteiger partial charge in [0.1, 0.15) is 12.3 Å². The number of carbonyl (C=O) groups excluding carboxylic acids is 1. The van der Waals surface area contributed by atoms with Crippen LogP contribution in [0.2, 0.25) is 0 Å². The average Bonchev–Trinajstić information content (AvgIpc) is 3.36. The second kappa shape index (κ2) is 8.60. The number of hydrogen-bond donors (Lipinski definition) is 2. The molecule has 0 fully saturated rings. The van der Waals surface area contributed by atoms with Gasteiger partial charge in [0.2, 0.25) is 5.91 Å². The molecule has 2 heterocycles. The van der Waals surface area contributed by atoms with E-state index >= 15 is 0 Å². The highest BCUT2D eigenvalue weighted by atomic mass is 32.1. The van der Waals surface area contributed by atoms with Gasteiger partial charge >= 0.3 is 0 Å². The molecule has 4 aromatic rings. The van der Waals surface area contributed by atoms with Gasteiger partial charge in [0, 0.05) is 16.5 Å². The van der Waals surface area contributed by atoms with Crippen molar-refractivity contribution in [3.63, 3.8) is 0 Å². The molecule has 0 radical (unpaired) electrons. The molecule has 4 rings (SSSR count). The van der Waals surface area contributed by atoms with Gasteiger partial charge in [-0.3, -0.25) is 14.5 Å². The average molecular weight is 438 g/mol. The van der Waals surface area contributed by atoms with Crippen LogP contribution in [-0.4, -0.2) is 32.8 Å². The Labute approximate surface area is 182 Å². The molecule has 152 valence electrons. The smallest absolute Gasteiger partial charge is 0.246 e. The number of methoxy groups -OCH3 is 1. The van der Waals surface area contributed by atoms with Crippen molar-refractivity contribution in [2.75, 3.05) is 12.4 Å². The van der Waals surface area contributed by atoms with Crippen LogP contribution in [0.15, 0.2) is 53.9 Å². The standard InChI is InChI=1S/C21H19N5O2S2/c1-13-3-5-14(6-4-13)17-12-30-20(22-17)23-18(27)11-26-19(24-25-21(26)29)15-7-9-16(28-2)10-8-15/h3-10,12H,11H2,1-2H3,(H,25,29)(H,22,23,27). The Hall–Kier alpha value is -3.30. The lowest BCUT2D eigenvalue weighted by molar-refractivity contribution is -0.116. The molecule has 0 spiro atoms. The Kier molecular flexibility index (Phi) is 5.73. The molecule has 0 aliphatic heterocycles. The second-order valence-corrected chi connectivity index (χ2v) is 7.86. The van der Waals surface area contributed by atoms with Gasteiger partial charge in [0.15, 0.2) is 15.7 Å². The molecule has 9 heteroatoms. The lowest BCUT2D eigenvalue weighted by atomic mass is 10.1. The molecular formula is C21H19N5O2S2. The summed E-state index contributed by atoms with van der Waals surface area (Å²) in [6.45, 7) is 2.06. The minimum Gasteiger partial charge on any atom is -0.497 e. The Morgan fingerprint density at radius 2 is 1.87 bits per heavy atom. The molecule has 2 aromatic carbocycles. The topological polar surface area (TPSA) is 84.8 Å². The molecule has 0 bridgehead atoms. The lowest BCUT2D eigenvalue weighted by Crippen LogP contribution is -2.19. The zero-order valence-corrected chi connectivity index (χ0v) is 18.0. The first kappa shape index (κ1) is 20.0. The second-order valence-electron chi connectivity index (χ2n) is 6.62. The number of H-pyrrole nitrogens is 1. The summed E-state index contributed by atoms with van der Waals surface area (Å²) in [7, 11) is 1.61. The molecule has 7 nitrogen and oxygen atoms in total. The van der Waals surface area contributed by atoms with Gasteiger partial charge in [-0.05, 0) is 43.4 Å². The van der Waals surface area contributed by atoms with Crippen molar-refractivity contribution in [1.82, 2.24) is 19.7 Å². The number of carbonyl (C=O) groups is 1. The van der Waals surface area contributed by atoms with Crippen LogP contribution in [0.5, 0.6) is 5.75 Å². The third-order valence-corrected chi connectivity index (χ3v) is 5.58. The van der Waals surface area contributed by atoms with E-state index in [1.807, 2.05) is 60.8 Å². The number of aryl methyl sites for hydroxylation is 1. The summed E-state index contributed by atoms with van der Waals surface area (Å²) in [6, 6.07) is 15.5. The summed E-state index contributed by atoms with van der Waals surface area (Å²) < 4.78 is 7.21. The van der Waals surface area contributed by atoms with Crippen molar-refractivity contribution in [2.24, 2.45) is 0 Å². The highest BCUT2D eigenvalue weighted by Crippen LogP contribution is 2.25. The first-order chi connectivity index (χ1) is 14.5. The van der Waals surface area contributed by atoms with E-state index in [2.05, 4.69) is 20.5 Å². The van der Waals surface area contributed by atoms with Gasteiger partial charge in [-0.1, -0.05) is 29.8 Å². The zero-order chi connectivity index (χ0) is 21.1. The van der Waals surface area contributed by atoms with E-state index in [0.717, 1.165) is 22.6 Å². The summed E-state index contributed by atoms with van der Waals surface area (Å²) in [5.41, 5.74) is 3.85. The quantitative estimate of drug-likeness (QED) is 0.428. The normalized spacial score (nSPS) is 10.7. The minimum atomic E-state index is -0.230. The lowest BCUT2D eigenvalue weighted by Gasteiger charge is -2.07. The largest absolute Gasteiger partial charge is 0.497 e. The molecule has 0 aliphatic rings. The van der Waals surface area contributed by atoms with Crippen molar-refractivity contribution in [3.05, 3.63) is 64.2 Å². The number of benzene rings is 2. The Balaban J connectivity index is 1.49. The van der Waals surface area contributed by atoms with Gasteiger partial charge < -0.3 is 10.1 Å². The fraction of sp³-hybridized carbons (Fsp3) is 0.143. The van der Waals surface area contributed by atoms with Crippen LogP contribution < -0.4 is 10.1 Å². The van der Waals surface area contributed by atoms with Gasteiger partial charge in [0.05, 0.1) is 12.8 Å². The van der Waals surface area contributed by atoms with E-state index in [1.54, 1.807) is 11.7 Å². The zero-order valence-electron chi connectivity index (χ0n) is 16.4. The van der Waals surface area contributed by atoms with Crippen LogP contribution in [-0.2, 0) is 11.3 Å². The molecule has 2 N–H and O–H groups in total. The summed E-state index contributed by atoms with van der Waals surface area (Å²) in [5.74, 6) is 1.09. The molecule has 0 atom stereocenters. The monoisotopic (exact) mass is 437 g/mol. The first-order valence-electron chi connectivity index (χ1n) is 9.15. The fourth-order valence-electron chi connectivity index (χ4n) is 2.92. The van der Waals surface area contributed by atoms with E-state index in [0.29, 0.717) is 15.7 Å². The van der Waals surface area contributed by atoms with Crippen LogP contribution in [0.3, 0.4) is 0 Å². The van der Waals surface area contributed by atoms with Crippen molar-refractivity contribution < 1.29 is 9.53 Å². The number of aromatic amines is 1. The first-order valence-corrected chi connectivity index (χ1v) is 10.4. The third-order valence-electron chi connectivity index (χ3n) is 4.51. The number of rotatable bonds is 6. The van der Waals surface area contributed by atoms with E-state index < -0.39 is 0 Å². The van der Waals surface area contributed by atoms with E-state index in [-0.39, 0.29) is 12.5 Å². The molecule has 2 aromatic heterocycles. The van der Waals surface area contributed by atoms with Crippen molar-refractivity contribution in [2.45, 2.75) is 13.5 Å². The van der Waals surface area contributed by atoms with Crippen LogP contribution in [0, 0.1) is 11.7 Å². The minimum absolute atomic E-state index is 0.0239. The summed E-state index contributed by atoms with van der Waals surface area (Å²) in [4.78, 5) is 17.1. The predicted molar refractivity (Wildman–Crippen MR) is 120 cm³/mol. The molecule has 0 saturated carbocycles. The van der Waals surface area contributed by atoms with Gasteiger partial charge in [0.25, 0.3) is 0 Å². The van der Waals surface area contributed by atoms with Gasteiger partial charge in [-0.25, -0.2) is 4.98 Å². The molecule has 0 aliphatic carbocycles. The number of nitrogens with zero attached hydrogens (tertiary/aromatic N) is 3. The van der Waals surface area contributed by atoms with E-state index in [1.165, 1.54) is 16.9 Å². The molecular weight excluding hydrogens is 418 g/mol. The maximum atomic E-state index is 12.6. The number of ether oxygens (including phenoxy) is 1. The highest BCUT2D eigenvalue weighted by Gasteiger charge is 2.14.